The number of ether oxygens (including phenoxy) is 1. The standard InChI is InChI=1S/C15H13NO3S/c1-19-14-6-3-7-15(9-14)20(17,18)11-13-5-2-4-12(8-13)10-16/h2-9H,11H2,1H3. The summed E-state index contributed by atoms with van der Waals surface area (Å²) < 4.78 is 29.7. The number of hydrogen-bond acceptors (Lipinski definition) is 4. The lowest BCUT2D eigenvalue weighted by molar-refractivity contribution is 0.413. The van der Waals surface area contributed by atoms with Crippen LogP contribution in [0.15, 0.2) is 53.4 Å². The highest BCUT2D eigenvalue weighted by Gasteiger charge is 2.16. The molecule has 2 aromatic rings. The van der Waals surface area contributed by atoms with Crippen molar-refractivity contribution in [2.24, 2.45) is 0 Å². The zero-order valence-corrected chi connectivity index (χ0v) is 11.7. The first-order valence-corrected chi connectivity index (χ1v) is 7.56. The summed E-state index contributed by atoms with van der Waals surface area (Å²) in [6.07, 6.45) is 0. The van der Waals surface area contributed by atoms with E-state index in [4.69, 9.17) is 10.00 Å². The molecule has 5 heteroatoms. The smallest absolute Gasteiger partial charge is 0.182 e. The van der Waals surface area contributed by atoms with Gasteiger partial charge in [-0.15, -0.1) is 0 Å². The Kier molecular flexibility index (Phi) is 4.06. The predicted molar refractivity (Wildman–Crippen MR) is 75.0 cm³/mol. The Morgan fingerprint density at radius 2 is 1.90 bits per heavy atom. The average Bonchev–Trinajstić information content (AvgIpc) is 2.47. The van der Waals surface area contributed by atoms with Crippen LogP contribution in [0.25, 0.3) is 0 Å². The zero-order chi connectivity index (χ0) is 14.6. The second-order valence-corrected chi connectivity index (χ2v) is 6.24. The minimum absolute atomic E-state index is 0.143. The highest BCUT2D eigenvalue weighted by atomic mass is 32.2. The molecule has 0 bridgehead atoms. The fourth-order valence-electron chi connectivity index (χ4n) is 1.83. The maximum absolute atomic E-state index is 12.3. The molecule has 102 valence electrons. The molecule has 0 amide bonds. The Balaban J connectivity index is 2.33. The van der Waals surface area contributed by atoms with Crippen LogP contribution in [0.3, 0.4) is 0 Å². The minimum Gasteiger partial charge on any atom is -0.497 e. The Morgan fingerprint density at radius 3 is 2.60 bits per heavy atom. The van der Waals surface area contributed by atoms with E-state index in [0.717, 1.165) is 0 Å². The molecule has 0 spiro atoms. The van der Waals surface area contributed by atoms with Crippen molar-refractivity contribution in [2.45, 2.75) is 10.6 Å². The SMILES string of the molecule is COc1cccc(S(=O)(=O)Cc2cccc(C#N)c2)c1. The first kappa shape index (κ1) is 14.1. The molecule has 0 fully saturated rings. The van der Waals surface area contributed by atoms with Gasteiger partial charge in [-0.25, -0.2) is 8.42 Å². The second kappa shape index (κ2) is 5.76. The van der Waals surface area contributed by atoms with Crippen LogP contribution in [0.2, 0.25) is 0 Å². The molecule has 0 atom stereocenters. The monoisotopic (exact) mass is 287 g/mol. The second-order valence-electron chi connectivity index (χ2n) is 4.25. The Hall–Kier alpha value is -2.32. The average molecular weight is 287 g/mol. The molecule has 0 saturated heterocycles. The van der Waals surface area contributed by atoms with Crippen LogP contribution in [0.4, 0.5) is 0 Å². The van der Waals surface area contributed by atoms with Crippen LogP contribution in [-0.2, 0) is 15.6 Å². The fraction of sp³-hybridized carbons (Fsp3) is 0.133. The van der Waals surface area contributed by atoms with Crippen LogP contribution in [0.5, 0.6) is 5.75 Å². The van der Waals surface area contributed by atoms with Gasteiger partial charge in [-0.2, -0.15) is 5.26 Å². The van der Waals surface area contributed by atoms with Crippen molar-refractivity contribution in [3.8, 4) is 11.8 Å². The summed E-state index contributed by atoms with van der Waals surface area (Å²) in [5, 5.41) is 8.83. The summed E-state index contributed by atoms with van der Waals surface area (Å²) >= 11 is 0. The van der Waals surface area contributed by atoms with E-state index in [0.29, 0.717) is 16.9 Å². The Labute approximate surface area is 118 Å². The van der Waals surface area contributed by atoms with Gasteiger partial charge in [0, 0.05) is 0 Å². The van der Waals surface area contributed by atoms with E-state index in [1.807, 2.05) is 6.07 Å². The Morgan fingerprint density at radius 1 is 1.15 bits per heavy atom. The van der Waals surface area contributed by atoms with Gasteiger partial charge in [-0.3, -0.25) is 0 Å². The molecule has 4 nitrogen and oxygen atoms in total. The fourth-order valence-corrected chi connectivity index (χ4v) is 3.19. The van der Waals surface area contributed by atoms with Crippen molar-refractivity contribution in [3.63, 3.8) is 0 Å². The van der Waals surface area contributed by atoms with Gasteiger partial charge < -0.3 is 4.74 Å². The number of methoxy groups -OCH3 is 1. The lowest BCUT2D eigenvalue weighted by Gasteiger charge is -2.07. The molecular weight excluding hydrogens is 274 g/mol. The summed E-state index contributed by atoms with van der Waals surface area (Å²) in [5.41, 5.74) is 1.04. The third kappa shape index (κ3) is 3.16. The number of nitrogens with zero attached hydrogens (tertiary/aromatic N) is 1. The van der Waals surface area contributed by atoms with Gasteiger partial charge in [0.25, 0.3) is 0 Å². The molecule has 0 aromatic heterocycles. The molecule has 0 aliphatic carbocycles. The first-order valence-electron chi connectivity index (χ1n) is 5.91. The highest BCUT2D eigenvalue weighted by Crippen LogP contribution is 2.21. The topological polar surface area (TPSA) is 67.2 Å². The predicted octanol–water partition coefficient (Wildman–Crippen LogP) is 2.54. The van der Waals surface area contributed by atoms with E-state index in [2.05, 4.69) is 0 Å². The molecule has 0 heterocycles. The van der Waals surface area contributed by atoms with Crippen LogP contribution in [0.1, 0.15) is 11.1 Å². The molecule has 2 rings (SSSR count). The maximum Gasteiger partial charge on any atom is 0.182 e. The number of sulfone groups is 1. The number of rotatable bonds is 4. The van der Waals surface area contributed by atoms with Crippen LogP contribution < -0.4 is 4.74 Å². The van der Waals surface area contributed by atoms with Gasteiger partial charge in [0.15, 0.2) is 9.84 Å². The van der Waals surface area contributed by atoms with Gasteiger partial charge in [0.1, 0.15) is 5.75 Å². The van der Waals surface area contributed by atoms with Gasteiger partial charge in [-0.05, 0) is 35.9 Å². The van der Waals surface area contributed by atoms with E-state index in [-0.39, 0.29) is 10.6 Å². The van der Waals surface area contributed by atoms with Gasteiger partial charge in [0.2, 0.25) is 0 Å². The molecule has 0 radical (unpaired) electrons. The van der Waals surface area contributed by atoms with Crippen LogP contribution in [-0.4, -0.2) is 15.5 Å². The molecule has 0 saturated carbocycles. The third-order valence-electron chi connectivity index (χ3n) is 2.81. The maximum atomic E-state index is 12.3. The van der Waals surface area contributed by atoms with Gasteiger partial charge in [-0.1, -0.05) is 18.2 Å². The van der Waals surface area contributed by atoms with E-state index in [1.54, 1.807) is 36.4 Å². The van der Waals surface area contributed by atoms with E-state index in [9.17, 15) is 8.42 Å². The summed E-state index contributed by atoms with van der Waals surface area (Å²) in [5.74, 6) is 0.354. The molecular formula is C15H13NO3S. The van der Waals surface area contributed by atoms with Crippen molar-refractivity contribution in [1.82, 2.24) is 0 Å². The lowest BCUT2D eigenvalue weighted by atomic mass is 10.2. The van der Waals surface area contributed by atoms with Crippen molar-refractivity contribution < 1.29 is 13.2 Å². The molecule has 0 aliphatic heterocycles. The van der Waals surface area contributed by atoms with Crippen molar-refractivity contribution in [3.05, 3.63) is 59.7 Å². The van der Waals surface area contributed by atoms with Crippen LogP contribution in [0, 0.1) is 11.3 Å². The third-order valence-corrected chi connectivity index (χ3v) is 4.50. The molecule has 20 heavy (non-hydrogen) atoms. The quantitative estimate of drug-likeness (QED) is 0.866. The van der Waals surface area contributed by atoms with Crippen LogP contribution >= 0.6 is 0 Å². The van der Waals surface area contributed by atoms with E-state index in [1.165, 1.54) is 19.2 Å². The molecule has 0 aliphatic rings. The number of nitriles is 1. The van der Waals surface area contributed by atoms with Gasteiger partial charge >= 0.3 is 0 Å². The normalized spacial score (nSPS) is 10.8. The summed E-state index contributed by atoms with van der Waals surface area (Å²) in [7, 11) is -1.97. The summed E-state index contributed by atoms with van der Waals surface area (Å²) in [6, 6.07) is 14.9. The van der Waals surface area contributed by atoms with Gasteiger partial charge in [0.05, 0.1) is 29.4 Å². The summed E-state index contributed by atoms with van der Waals surface area (Å²) in [6.45, 7) is 0. The van der Waals surface area contributed by atoms with Crippen molar-refractivity contribution >= 4 is 9.84 Å². The molecule has 0 N–H and O–H groups in total. The van der Waals surface area contributed by atoms with E-state index < -0.39 is 9.84 Å². The summed E-state index contributed by atoms with van der Waals surface area (Å²) in [4.78, 5) is 0.208. The first-order chi connectivity index (χ1) is 9.55. The van der Waals surface area contributed by atoms with Crippen molar-refractivity contribution in [1.29, 1.82) is 5.26 Å². The molecule has 2 aromatic carbocycles. The lowest BCUT2D eigenvalue weighted by Crippen LogP contribution is -2.05. The highest BCUT2D eigenvalue weighted by molar-refractivity contribution is 7.90. The number of benzene rings is 2. The zero-order valence-electron chi connectivity index (χ0n) is 10.9. The number of hydrogen-bond donors (Lipinski definition) is 0. The van der Waals surface area contributed by atoms with E-state index >= 15 is 0 Å². The van der Waals surface area contributed by atoms with Crippen molar-refractivity contribution in [2.75, 3.05) is 7.11 Å². The Bertz CT molecular complexity index is 761. The minimum atomic E-state index is -3.46. The largest absolute Gasteiger partial charge is 0.497 e. The molecule has 0 unspecified atom stereocenters.